The van der Waals surface area contributed by atoms with Crippen LogP contribution in [0.1, 0.15) is 6.42 Å². The van der Waals surface area contributed by atoms with E-state index in [1.165, 1.54) is 16.8 Å². The van der Waals surface area contributed by atoms with Crippen LogP contribution >= 0.6 is 11.6 Å². The van der Waals surface area contributed by atoms with Crippen molar-refractivity contribution in [3.8, 4) is 11.1 Å². The van der Waals surface area contributed by atoms with E-state index in [1.807, 2.05) is 23.1 Å². The number of rotatable bonds is 6. The topological polar surface area (TPSA) is 70.9 Å². The Morgan fingerprint density at radius 2 is 1.59 bits per heavy atom. The van der Waals surface area contributed by atoms with E-state index in [-0.39, 0.29) is 30.2 Å². The molecule has 194 valence electrons. The summed E-state index contributed by atoms with van der Waals surface area (Å²) in [6.45, 7) is 5.23. The average Bonchev–Trinajstić information content (AvgIpc) is 2.94. The summed E-state index contributed by atoms with van der Waals surface area (Å²) >= 11 is 6.05. The molecule has 2 saturated heterocycles. The van der Waals surface area contributed by atoms with E-state index in [1.54, 1.807) is 24.3 Å². The second-order valence-corrected chi connectivity index (χ2v) is 9.58. The van der Waals surface area contributed by atoms with Crippen LogP contribution in [0.4, 0.5) is 15.9 Å². The molecule has 10 heteroatoms. The number of ether oxygens (including phenoxy) is 1. The number of benzene rings is 2. The summed E-state index contributed by atoms with van der Waals surface area (Å²) in [5.41, 5.74) is 1.98. The lowest BCUT2D eigenvalue weighted by atomic mass is 10.1. The highest BCUT2D eigenvalue weighted by Crippen LogP contribution is 2.23. The minimum Gasteiger partial charge on any atom is -0.378 e. The number of carbonyl (C=O) groups excluding carboxylic acids is 1. The Morgan fingerprint density at radius 3 is 2.27 bits per heavy atom. The van der Waals surface area contributed by atoms with Crippen LogP contribution in [-0.2, 0) is 16.1 Å². The Hall–Kier alpha value is -3.43. The zero-order chi connectivity index (χ0) is 25.8. The van der Waals surface area contributed by atoms with Crippen molar-refractivity contribution in [2.75, 3.05) is 62.3 Å². The molecule has 1 aromatic heterocycles. The maximum atomic E-state index is 13.4. The van der Waals surface area contributed by atoms with Gasteiger partial charge in [-0.1, -0.05) is 23.7 Å². The van der Waals surface area contributed by atoms with Gasteiger partial charge in [0, 0.05) is 56.4 Å². The number of halogens is 2. The average molecular weight is 526 g/mol. The van der Waals surface area contributed by atoms with Crippen LogP contribution in [0.25, 0.3) is 11.1 Å². The summed E-state index contributed by atoms with van der Waals surface area (Å²) in [6, 6.07) is 15.4. The van der Waals surface area contributed by atoms with Crippen LogP contribution < -0.4 is 15.4 Å². The van der Waals surface area contributed by atoms with Gasteiger partial charge in [0.1, 0.15) is 11.6 Å². The fourth-order valence-electron chi connectivity index (χ4n) is 4.69. The van der Waals surface area contributed by atoms with Crippen LogP contribution in [0.3, 0.4) is 0 Å². The van der Waals surface area contributed by atoms with E-state index in [0.717, 1.165) is 11.3 Å². The van der Waals surface area contributed by atoms with Gasteiger partial charge in [0.25, 0.3) is 5.56 Å². The third-order valence-electron chi connectivity index (χ3n) is 6.81. The van der Waals surface area contributed by atoms with Gasteiger partial charge < -0.3 is 19.4 Å². The Kier molecular flexibility index (Phi) is 7.71. The summed E-state index contributed by atoms with van der Waals surface area (Å²) in [5.74, 6) is 0.406. The molecular formula is C27H29ClFN5O3. The second-order valence-electron chi connectivity index (χ2n) is 9.15. The molecule has 8 nitrogen and oxygen atoms in total. The van der Waals surface area contributed by atoms with Gasteiger partial charge in [-0.3, -0.25) is 9.59 Å². The van der Waals surface area contributed by atoms with Crippen molar-refractivity contribution in [3.05, 3.63) is 75.8 Å². The summed E-state index contributed by atoms with van der Waals surface area (Å²) in [7, 11) is 0. The van der Waals surface area contributed by atoms with E-state index in [4.69, 9.17) is 16.3 Å². The monoisotopic (exact) mass is 525 g/mol. The summed E-state index contributed by atoms with van der Waals surface area (Å²) in [6.07, 6.45) is 0.177. The zero-order valence-electron chi connectivity index (χ0n) is 20.5. The first-order valence-corrected chi connectivity index (χ1v) is 12.8. The first-order chi connectivity index (χ1) is 18.0. The van der Waals surface area contributed by atoms with E-state index in [9.17, 15) is 14.0 Å². The number of aryl methyl sites for hydroxylation is 1. The quantitative estimate of drug-likeness (QED) is 0.492. The van der Waals surface area contributed by atoms with Crippen molar-refractivity contribution in [2.24, 2.45) is 0 Å². The Morgan fingerprint density at radius 1 is 0.919 bits per heavy atom. The highest BCUT2D eigenvalue weighted by molar-refractivity contribution is 6.30. The maximum absolute atomic E-state index is 13.4. The molecular weight excluding hydrogens is 497 g/mol. The number of amides is 1. The third-order valence-corrected chi connectivity index (χ3v) is 7.07. The minimum atomic E-state index is -0.265. The molecule has 37 heavy (non-hydrogen) atoms. The highest BCUT2D eigenvalue weighted by atomic mass is 35.5. The van der Waals surface area contributed by atoms with Crippen molar-refractivity contribution >= 4 is 29.0 Å². The largest absolute Gasteiger partial charge is 0.378 e. The van der Waals surface area contributed by atoms with Crippen molar-refractivity contribution in [3.63, 3.8) is 0 Å². The molecule has 5 rings (SSSR count). The normalized spacial score (nSPS) is 16.2. The molecule has 2 aliphatic heterocycles. The molecule has 0 saturated carbocycles. The van der Waals surface area contributed by atoms with Crippen molar-refractivity contribution in [2.45, 2.75) is 13.0 Å². The lowest BCUT2D eigenvalue weighted by Gasteiger charge is -2.36. The number of carbonyl (C=O) groups is 1. The fraction of sp³-hybridized carbons (Fsp3) is 0.370. The van der Waals surface area contributed by atoms with E-state index >= 15 is 0 Å². The second kappa shape index (κ2) is 11.3. The molecule has 0 N–H and O–H groups in total. The number of hydrogen-bond acceptors (Lipinski definition) is 6. The molecule has 0 aliphatic carbocycles. The van der Waals surface area contributed by atoms with Crippen molar-refractivity contribution in [1.29, 1.82) is 0 Å². The first kappa shape index (κ1) is 25.2. The summed E-state index contributed by atoms with van der Waals surface area (Å²) < 4.78 is 20.1. The standard InChI is InChI=1S/C27H29ClFN5O3/c28-21-3-1-20(2-4-21)24-19-25(32-15-17-37-18-16-32)30-34(27(24)36)10-9-26(35)33-13-11-31(12-14-33)23-7-5-22(29)6-8-23/h1-8,19H,9-18H2. The summed E-state index contributed by atoms with van der Waals surface area (Å²) in [5, 5.41) is 5.21. The Bertz CT molecular complexity index is 1280. The number of morpholine rings is 1. The van der Waals surface area contributed by atoms with E-state index in [0.29, 0.717) is 68.9 Å². The SMILES string of the molecule is O=C(CCn1nc(N2CCOCC2)cc(-c2ccc(Cl)cc2)c1=O)N1CCN(c2ccc(F)cc2)CC1. The van der Waals surface area contributed by atoms with Crippen molar-refractivity contribution in [1.82, 2.24) is 14.7 Å². The van der Waals surface area contributed by atoms with Gasteiger partial charge in [-0.25, -0.2) is 9.07 Å². The van der Waals surface area contributed by atoms with Crippen LogP contribution in [0.15, 0.2) is 59.4 Å². The van der Waals surface area contributed by atoms with Gasteiger partial charge >= 0.3 is 0 Å². The fourth-order valence-corrected chi connectivity index (χ4v) is 4.81. The molecule has 2 aromatic carbocycles. The van der Waals surface area contributed by atoms with Crippen LogP contribution in [-0.4, -0.2) is 73.1 Å². The lowest BCUT2D eigenvalue weighted by molar-refractivity contribution is -0.131. The molecule has 0 atom stereocenters. The predicted molar refractivity (Wildman–Crippen MR) is 142 cm³/mol. The van der Waals surface area contributed by atoms with Gasteiger partial charge in [0.05, 0.1) is 25.3 Å². The number of aromatic nitrogens is 2. The Balaban J connectivity index is 1.29. The molecule has 3 heterocycles. The number of nitrogens with zero attached hydrogens (tertiary/aromatic N) is 5. The molecule has 2 aliphatic rings. The molecule has 0 unspecified atom stereocenters. The number of anilines is 2. The van der Waals surface area contributed by atoms with Crippen LogP contribution in [0.2, 0.25) is 5.02 Å². The minimum absolute atomic E-state index is 0.0164. The molecule has 1 amide bonds. The van der Waals surface area contributed by atoms with Gasteiger partial charge in [0.15, 0.2) is 0 Å². The third kappa shape index (κ3) is 5.94. The smallest absolute Gasteiger partial charge is 0.274 e. The highest BCUT2D eigenvalue weighted by Gasteiger charge is 2.22. The van der Waals surface area contributed by atoms with Gasteiger partial charge in [-0.05, 0) is 48.0 Å². The van der Waals surface area contributed by atoms with E-state index in [2.05, 4.69) is 14.9 Å². The number of hydrogen-bond donors (Lipinski definition) is 0. The van der Waals surface area contributed by atoms with Crippen LogP contribution in [0, 0.1) is 5.82 Å². The van der Waals surface area contributed by atoms with E-state index < -0.39 is 0 Å². The maximum Gasteiger partial charge on any atom is 0.274 e. The zero-order valence-corrected chi connectivity index (χ0v) is 21.2. The van der Waals surface area contributed by atoms with Gasteiger partial charge in [-0.15, -0.1) is 0 Å². The predicted octanol–water partition coefficient (Wildman–Crippen LogP) is 3.28. The molecule has 0 spiro atoms. The van der Waals surface area contributed by atoms with Gasteiger partial charge in [-0.2, -0.15) is 5.10 Å². The molecule has 2 fully saturated rings. The first-order valence-electron chi connectivity index (χ1n) is 12.5. The van der Waals surface area contributed by atoms with Crippen molar-refractivity contribution < 1.29 is 13.9 Å². The Labute approximate surface area is 219 Å². The van der Waals surface area contributed by atoms with Crippen LogP contribution in [0.5, 0.6) is 0 Å². The molecule has 0 radical (unpaired) electrons. The molecule has 0 bridgehead atoms. The summed E-state index contributed by atoms with van der Waals surface area (Å²) in [4.78, 5) is 32.4. The molecule has 3 aromatic rings. The number of piperazine rings is 1. The van der Waals surface area contributed by atoms with Gasteiger partial charge in [0.2, 0.25) is 5.91 Å². The lowest BCUT2D eigenvalue weighted by Crippen LogP contribution is -2.49.